The van der Waals surface area contributed by atoms with Gasteiger partial charge in [-0.25, -0.2) is 0 Å². The lowest BCUT2D eigenvalue weighted by Crippen LogP contribution is -2.44. The van der Waals surface area contributed by atoms with Crippen LogP contribution in [-0.4, -0.2) is 61.1 Å². The lowest BCUT2D eigenvalue weighted by atomic mass is 10.0. The fourth-order valence-corrected chi connectivity index (χ4v) is 2.04. The average molecular weight is 302 g/mol. The van der Waals surface area contributed by atoms with Crippen molar-refractivity contribution in [3.05, 3.63) is 0 Å². The molecule has 0 bridgehead atoms. The molecule has 0 radical (unpaired) electrons. The van der Waals surface area contributed by atoms with E-state index < -0.39 is 24.0 Å². The van der Waals surface area contributed by atoms with Crippen LogP contribution in [0.15, 0.2) is 0 Å². The molecule has 0 aliphatic rings. The average Bonchev–Trinajstić information content (AvgIpc) is 2.25. The molecule has 2 atom stereocenters. The van der Waals surface area contributed by atoms with Gasteiger partial charge >= 0.3 is 11.9 Å². The maximum absolute atomic E-state index is 12.0. The van der Waals surface area contributed by atoms with Crippen molar-refractivity contribution in [2.75, 3.05) is 27.7 Å². The number of esters is 1. The van der Waals surface area contributed by atoms with Crippen LogP contribution in [0.25, 0.3) is 0 Å². The molecule has 0 aliphatic heterocycles. The van der Waals surface area contributed by atoms with Crippen LogP contribution in [-0.2, 0) is 19.1 Å². The highest BCUT2D eigenvalue weighted by molar-refractivity contribution is 5.84. The molecule has 0 saturated heterocycles. The van der Waals surface area contributed by atoms with Crippen LogP contribution < -0.4 is 0 Å². The normalized spacial score (nSPS) is 14.3. The summed E-state index contributed by atoms with van der Waals surface area (Å²) < 4.78 is 5.78. The van der Waals surface area contributed by atoms with Crippen molar-refractivity contribution in [2.45, 2.75) is 45.6 Å². The second-order valence-corrected chi connectivity index (χ2v) is 6.52. The molecule has 122 valence electrons. The molecule has 1 N–H and O–H groups in total. The van der Waals surface area contributed by atoms with E-state index in [4.69, 9.17) is 9.84 Å². The first-order valence-electron chi connectivity index (χ1n) is 7.29. The fraction of sp³-hybridized carbons (Fsp3) is 0.800. The van der Waals surface area contributed by atoms with E-state index in [1.807, 2.05) is 28.1 Å². The van der Waals surface area contributed by atoms with Crippen LogP contribution in [0.3, 0.4) is 0 Å². The number of carbonyl (C=O) groups excluding carboxylic acids is 2. The summed E-state index contributed by atoms with van der Waals surface area (Å²) in [6, 6.07) is 0. The molecule has 0 heterocycles. The third-order valence-electron chi connectivity index (χ3n) is 2.90. The van der Waals surface area contributed by atoms with Crippen LogP contribution in [0.2, 0.25) is 0 Å². The Kier molecular flexibility index (Phi) is 8.17. The number of rotatable bonds is 10. The lowest BCUT2D eigenvalue weighted by Gasteiger charge is -2.28. The summed E-state index contributed by atoms with van der Waals surface area (Å²) in [4.78, 5) is 34.4. The molecule has 0 aromatic rings. The Morgan fingerprint density at radius 3 is 2.14 bits per heavy atom. The number of ketones is 1. The highest BCUT2D eigenvalue weighted by Crippen LogP contribution is 2.12. The number of carboxylic acid groups (broad SMARTS) is 1. The minimum Gasteiger partial charge on any atom is -0.481 e. The summed E-state index contributed by atoms with van der Waals surface area (Å²) in [7, 11) is 5.70. The van der Waals surface area contributed by atoms with Gasteiger partial charge in [0.15, 0.2) is 6.10 Å². The molecular formula is C15H28NO5+. The minimum absolute atomic E-state index is 0.0309. The van der Waals surface area contributed by atoms with Gasteiger partial charge in [-0.15, -0.1) is 0 Å². The van der Waals surface area contributed by atoms with E-state index >= 15 is 0 Å². The number of hydrogen-bond acceptors (Lipinski definition) is 4. The fourth-order valence-electron chi connectivity index (χ4n) is 2.04. The summed E-state index contributed by atoms with van der Waals surface area (Å²) in [5, 5.41) is 8.90. The Balaban J connectivity index is 4.57. The first-order valence-corrected chi connectivity index (χ1v) is 7.29. The number of carboxylic acids is 1. The van der Waals surface area contributed by atoms with Crippen molar-refractivity contribution >= 4 is 17.7 Å². The van der Waals surface area contributed by atoms with Crippen LogP contribution in [0.5, 0.6) is 0 Å². The Bertz CT molecular complexity index is 373. The maximum Gasteiger partial charge on any atom is 0.309 e. The van der Waals surface area contributed by atoms with Gasteiger partial charge in [0, 0.05) is 12.8 Å². The molecule has 21 heavy (non-hydrogen) atoms. The summed E-state index contributed by atoms with van der Waals surface area (Å²) in [6.45, 7) is 3.96. The van der Waals surface area contributed by atoms with Crippen molar-refractivity contribution in [1.29, 1.82) is 0 Å². The van der Waals surface area contributed by atoms with E-state index in [9.17, 15) is 14.4 Å². The molecule has 0 rings (SSSR count). The summed E-state index contributed by atoms with van der Waals surface area (Å²) in [5.74, 6) is -2.01. The highest BCUT2D eigenvalue weighted by atomic mass is 16.5. The zero-order valence-corrected chi connectivity index (χ0v) is 13.7. The van der Waals surface area contributed by atoms with E-state index in [0.29, 0.717) is 17.4 Å². The molecule has 0 aliphatic carbocycles. The van der Waals surface area contributed by atoms with E-state index in [1.165, 1.54) is 0 Å². The quantitative estimate of drug-likeness (QED) is 0.488. The molecule has 0 aromatic carbocycles. The van der Waals surface area contributed by atoms with E-state index in [2.05, 4.69) is 0 Å². The Labute approximate surface area is 126 Å². The highest BCUT2D eigenvalue weighted by Gasteiger charge is 2.27. The number of likely N-dealkylation sites (N-methyl/N-ethyl adjacent to an activating group) is 1. The zero-order chi connectivity index (χ0) is 16.6. The second kappa shape index (κ2) is 8.77. The molecule has 0 spiro atoms. The number of Topliss-reactive ketones (excluding diaryl/α,β-unsaturated/α-hetero) is 1. The van der Waals surface area contributed by atoms with Crippen LogP contribution in [0, 0.1) is 5.92 Å². The van der Waals surface area contributed by atoms with Gasteiger partial charge in [0.2, 0.25) is 0 Å². The third kappa shape index (κ3) is 10.0. The van der Waals surface area contributed by atoms with Gasteiger partial charge in [0.05, 0.1) is 33.5 Å². The molecule has 0 fully saturated rings. The SMILES string of the molecule is CCCC(=O)CC(C)C(=O)OC(CC(=O)O)C[N+](C)(C)C. The molecule has 2 unspecified atom stereocenters. The van der Waals surface area contributed by atoms with Gasteiger partial charge in [-0.05, 0) is 6.42 Å². The Morgan fingerprint density at radius 1 is 1.14 bits per heavy atom. The second-order valence-electron chi connectivity index (χ2n) is 6.52. The topological polar surface area (TPSA) is 80.7 Å². The first kappa shape index (κ1) is 19.6. The van der Waals surface area contributed by atoms with E-state index in [-0.39, 0.29) is 18.6 Å². The first-order chi connectivity index (χ1) is 9.55. The Hall–Kier alpha value is -1.43. The monoisotopic (exact) mass is 302 g/mol. The van der Waals surface area contributed by atoms with Crippen molar-refractivity contribution < 1.29 is 28.7 Å². The van der Waals surface area contributed by atoms with Crippen molar-refractivity contribution in [2.24, 2.45) is 5.92 Å². The van der Waals surface area contributed by atoms with Crippen LogP contribution >= 0.6 is 0 Å². The number of ether oxygens (including phenoxy) is 1. The largest absolute Gasteiger partial charge is 0.481 e. The van der Waals surface area contributed by atoms with Gasteiger partial charge in [0.1, 0.15) is 12.3 Å². The van der Waals surface area contributed by atoms with Crippen LogP contribution in [0.4, 0.5) is 0 Å². The molecule has 0 saturated carbocycles. The predicted molar refractivity (Wildman–Crippen MR) is 78.7 cm³/mol. The maximum atomic E-state index is 12.0. The lowest BCUT2D eigenvalue weighted by molar-refractivity contribution is -0.873. The van der Waals surface area contributed by atoms with Gasteiger partial charge in [-0.1, -0.05) is 13.8 Å². The summed E-state index contributed by atoms with van der Waals surface area (Å²) >= 11 is 0. The molecule has 6 nitrogen and oxygen atoms in total. The standard InChI is InChI=1S/C15H27NO5/c1-6-7-12(17)8-11(2)15(20)21-13(9-14(18)19)10-16(3,4)5/h11,13H,6-10H2,1-5H3/p+1. The zero-order valence-electron chi connectivity index (χ0n) is 13.7. The van der Waals surface area contributed by atoms with Crippen molar-refractivity contribution in [3.8, 4) is 0 Å². The number of hydrogen-bond donors (Lipinski definition) is 1. The number of aliphatic carboxylic acids is 1. The summed E-state index contributed by atoms with van der Waals surface area (Å²) in [6.07, 6.45) is 0.450. The number of carbonyl (C=O) groups is 3. The number of quaternary nitrogens is 1. The van der Waals surface area contributed by atoms with Gasteiger partial charge in [0.25, 0.3) is 0 Å². The van der Waals surface area contributed by atoms with E-state index in [1.54, 1.807) is 6.92 Å². The summed E-state index contributed by atoms with van der Waals surface area (Å²) in [5.41, 5.74) is 0. The molecule has 6 heteroatoms. The minimum atomic E-state index is -1.00. The smallest absolute Gasteiger partial charge is 0.309 e. The van der Waals surface area contributed by atoms with Crippen LogP contribution in [0.1, 0.15) is 39.5 Å². The predicted octanol–water partition coefficient (Wildman–Crippen LogP) is 1.47. The molecule has 0 amide bonds. The molecular weight excluding hydrogens is 274 g/mol. The Morgan fingerprint density at radius 2 is 1.71 bits per heavy atom. The number of nitrogens with zero attached hydrogens (tertiary/aromatic N) is 1. The molecule has 0 aromatic heterocycles. The third-order valence-corrected chi connectivity index (χ3v) is 2.90. The van der Waals surface area contributed by atoms with E-state index in [0.717, 1.165) is 6.42 Å². The van der Waals surface area contributed by atoms with Gasteiger partial charge in [-0.3, -0.25) is 14.4 Å². The van der Waals surface area contributed by atoms with Gasteiger partial charge < -0.3 is 14.3 Å². The van der Waals surface area contributed by atoms with Gasteiger partial charge in [-0.2, -0.15) is 0 Å². The van der Waals surface area contributed by atoms with Crippen molar-refractivity contribution in [1.82, 2.24) is 0 Å². The van der Waals surface area contributed by atoms with Crippen molar-refractivity contribution in [3.63, 3.8) is 0 Å².